The van der Waals surface area contributed by atoms with Crippen LogP contribution in [-0.2, 0) is 0 Å². The minimum atomic E-state index is -0.957. The number of carboxylic acids is 1. The summed E-state index contributed by atoms with van der Waals surface area (Å²) in [6.07, 6.45) is 0.654. The standard InChI is InChI=1S/C18H12O4/c19-11-14-9-10-17(22-14)13-7-5-12(6-8-13)15-3-1-2-4-16(15)18(20)21/h1-11H,(H,20,21). The van der Waals surface area contributed by atoms with Gasteiger partial charge in [-0.15, -0.1) is 0 Å². The van der Waals surface area contributed by atoms with Gasteiger partial charge in [-0.3, -0.25) is 4.79 Å². The van der Waals surface area contributed by atoms with Crippen LogP contribution in [0.4, 0.5) is 0 Å². The summed E-state index contributed by atoms with van der Waals surface area (Å²) in [4.78, 5) is 21.9. The molecule has 0 bridgehead atoms. The first-order valence-electron chi connectivity index (χ1n) is 6.67. The summed E-state index contributed by atoms with van der Waals surface area (Å²) in [5.41, 5.74) is 2.56. The van der Waals surface area contributed by atoms with Crippen molar-refractivity contribution >= 4 is 12.3 Å². The van der Waals surface area contributed by atoms with Gasteiger partial charge in [-0.25, -0.2) is 4.79 Å². The number of aromatic carboxylic acids is 1. The SMILES string of the molecule is O=Cc1ccc(-c2ccc(-c3ccccc3C(=O)O)cc2)o1. The van der Waals surface area contributed by atoms with Crippen molar-refractivity contribution in [2.75, 3.05) is 0 Å². The fraction of sp³-hybridized carbons (Fsp3) is 0. The van der Waals surface area contributed by atoms with Gasteiger partial charge in [-0.05, 0) is 29.3 Å². The quantitative estimate of drug-likeness (QED) is 0.734. The van der Waals surface area contributed by atoms with Crippen molar-refractivity contribution < 1.29 is 19.1 Å². The van der Waals surface area contributed by atoms with Gasteiger partial charge in [0.1, 0.15) is 5.76 Å². The molecule has 2 aromatic carbocycles. The molecule has 0 aliphatic carbocycles. The minimum absolute atomic E-state index is 0.261. The molecule has 22 heavy (non-hydrogen) atoms. The molecule has 0 spiro atoms. The summed E-state index contributed by atoms with van der Waals surface area (Å²) >= 11 is 0. The van der Waals surface area contributed by atoms with Gasteiger partial charge in [0.2, 0.25) is 0 Å². The largest absolute Gasteiger partial charge is 0.478 e. The lowest BCUT2D eigenvalue weighted by molar-refractivity contribution is 0.0697. The van der Waals surface area contributed by atoms with E-state index in [2.05, 4.69) is 0 Å². The highest BCUT2D eigenvalue weighted by Crippen LogP contribution is 2.28. The first-order valence-corrected chi connectivity index (χ1v) is 6.67. The molecule has 0 unspecified atom stereocenters. The number of benzene rings is 2. The Morgan fingerprint density at radius 2 is 1.59 bits per heavy atom. The third-order valence-electron chi connectivity index (χ3n) is 3.38. The number of hydrogen-bond acceptors (Lipinski definition) is 3. The Morgan fingerprint density at radius 3 is 2.23 bits per heavy atom. The van der Waals surface area contributed by atoms with Crippen LogP contribution in [0, 0.1) is 0 Å². The molecule has 3 aromatic rings. The van der Waals surface area contributed by atoms with Crippen LogP contribution in [0.5, 0.6) is 0 Å². The fourth-order valence-corrected chi connectivity index (χ4v) is 2.31. The third-order valence-corrected chi connectivity index (χ3v) is 3.38. The average molecular weight is 292 g/mol. The Bertz CT molecular complexity index is 828. The Balaban J connectivity index is 1.98. The average Bonchev–Trinajstić information content (AvgIpc) is 3.04. The maximum atomic E-state index is 11.3. The van der Waals surface area contributed by atoms with Crippen molar-refractivity contribution in [1.82, 2.24) is 0 Å². The zero-order valence-corrected chi connectivity index (χ0v) is 11.5. The highest BCUT2D eigenvalue weighted by atomic mass is 16.4. The minimum Gasteiger partial charge on any atom is -0.478 e. The maximum Gasteiger partial charge on any atom is 0.336 e. The lowest BCUT2D eigenvalue weighted by Gasteiger charge is -2.06. The smallest absolute Gasteiger partial charge is 0.336 e. The van der Waals surface area contributed by atoms with E-state index in [1.807, 2.05) is 24.3 Å². The molecular weight excluding hydrogens is 280 g/mol. The molecule has 0 saturated carbocycles. The lowest BCUT2D eigenvalue weighted by atomic mass is 9.98. The highest BCUT2D eigenvalue weighted by Gasteiger charge is 2.11. The lowest BCUT2D eigenvalue weighted by Crippen LogP contribution is -1.98. The van der Waals surface area contributed by atoms with E-state index in [4.69, 9.17) is 4.42 Å². The molecule has 1 N–H and O–H groups in total. The Hall–Kier alpha value is -3.14. The highest BCUT2D eigenvalue weighted by molar-refractivity contribution is 5.96. The summed E-state index contributed by atoms with van der Waals surface area (Å²) in [7, 11) is 0. The molecule has 1 heterocycles. The molecule has 0 saturated heterocycles. The second-order valence-electron chi connectivity index (χ2n) is 4.75. The van der Waals surface area contributed by atoms with Crippen LogP contribution in [0.1, 0.15) is 20.9 Å². The Kier molecular flexibility index (Phi) is 3.58. The molecule has 0 fully saturated rings. The summed E-state index contributed by atoms with van der Waals surface area (Å²) in [6.45, 7) is 0. The zero-order chi connectivity index (χ0) is 15.5. The van der Waals surface area contributed by atoms with E-state index in [0.717, 1.165) is 11.1 Å². The molecule has 0 amide bonds. The molecule has 0 radical (unpaired) electrons. The summed E-state index contributed by atoms with van der Waals surface area (Å²) < 4.78 is 5.36. The van der Waals surface area contributed by atoms with Crippen LogP contribution < -0.4 is 0 Å². The van der Waals surface area contributed by atoms with Crippen molar-refractivity contribution in [3.05, 3.63) is 72.0 Å². The number of carboxylic acid groups (broad SMARTS) is 1. The van der Waals surface area contributed by atoms with Gasteiger partial charge in [0.15, 0.2) is 12.0 Å². The molecule has 1 aromatic heterocycles. The van der Waals surface area contributed by atoms with Gasteiger partial charge in [0.25, 0.3) is 0 Å². The van der Waals surface area contributed by atoms with E-state index in [0.29, 0.717) is 17.6 Å². The molecule has 4 nitrogen and oxygen atoms in total. The zero-order valence-electron chi connectivity index (χ0n) is 11.5. The molecule has 0 aliphatic rings. The first kappa shape index (κ1) is 13.8. The third kappa shape index (κ3) is 2.54. The van der Waals surface area contributed by atoms with Crippen molar-refractivity contribution in [3.63, 3.8) is 0 Å². The topological polar surface area (TPSA) is 67.5 Å². The first-order chi connectivity index (χ1) is 10.7. The van der Waals surface area contributed by atoms with Crippen LogP contribution in [-0.4, -0.2) is 17.4 Å². The summed E-state index contributed by atoms with van der Waals surface area (Å²) in [5, 5.41) is 9.24. The molecule has 0 aliphatic heterocycles. The van der Waals surface area contributed by atoms with Crippen LogP contribution in [0.25, 0.3) is 22.5 Å². The van der Waals surface area contributed by atoms with E-state index < -0.39 is 5.97 Å². The molecule has 108 valence electrons. The van der Waals surface area contributed by atoms with Gasteiger partial charge in [0.05, 0.1) is 5.56 Å². The number of furan rings is 1. The van der Waals surface area contributed by atoms with Crippen LogP contribution >= 0.6 is 0 Å². The van der Waals surface area contributed by atoms with Crippen LogP contribution in [0.15, 0.2) is 65.1 Å². The molecule has 4 heteroatoms. The van der Waals surface area contributed by atoms with E-state index in [-0.39, 0.29) is 11.3 Å². The Morgan fingerprint density at radius 1 is 0.909 bits per heavy atom. The maximum absolute atomic E-state index is 11.3. The van der Waals surface area contributed by atoms with Gasteiger partial charge >= 0.3 is 5.97 Å². The second kappa shape index (κ2) is 5.69. The number of carbonyl (C=O) groups is 2. The van der Waals surface area contributed by atoms with E-state index >= 15 is 0 Å². The van der Waals surface area contributed by atoms with Crippen molar-refractivity contribution in [3.8, 4) is 22.5 Å². The summed E-state index contributed by atoms with van der Waals surface area (Å²) in [6, 6.07) is 17.5. The van der Waals surface area contributed by atoms with Crippen molar-refractivity contribution in [2.45, 2.75) is 0 Å². The number of aldehydes is 1. The second-order valence-corrected chi connectivity index (χ2v) is 4.75. The van der Waals surface area contributed by atoms with Crippen molar-refractivity contribution in [2.24, 2.45) is 0 Å². The monoisotopic (exact) mass is 292 g/mol. The molecule has 3 rings (SSSR count). The van der Waals surface area contributed by atoms with E-state index in [9.17, 15) is 14.7 Å². The fourth-order valence-electron chi connectivity index (χ4n) is 2.31. The van der Waals surface area contributed by atoms with Gasteiger partial charge < -0.3 is 9.52 Å². The van der Waals surface area contributed by atoms with E-state index in [1.54, 1.807) is 36.4 Å². The number of rotatable bonds is 4. The number of hydrogen-bond donors (Lipinski definition) is 1. The molecular formula is C18H12O4. The predicted octanol–water partition coefficient (Wildman–Crippen LogP) is 4.12. The van der Waals surface area contributed by atoms with Gasteiger partial charge in [-0.1, -0.05) is 42.5 Å². The van der Waals surface area contributed by atoms with Gasteiger partial charge in [-0.2, -0.15) is 0 Å². The number of carbonyl (C=O) groups excluding carboxylic acids is 1. The Labute approximate surface area is 126 Å². The molecule has 0 atom stereocenters. The predicted molar refractivity (Wildman–Crippen MR) is 81.9 cm³/mol. The van der Waals surface area contributed by atoms with E-state index in [1.165, 1.54) is 0 Å². The normalized spacial score (nSPS) is 10.4. The van der Waals surface area contributed by atoms with Crippen LogP contribution in [0.2, 0.25) is 0 Å². The van der Waals surface area contributed by atoms with Crippen LogP contribution in [0.3, 0.4) is 0 Å². The summed E-state index contributed by atoms with van der Waals surface area (Å²) in [5.74, 6) is -0.0863. The van der Waals surface area contributed by atoms with Crippen molar-refractivity contribution in [1.29, 1.82) is 0 Å². The van der Waals surface area contributed by atoms with Gasteiger partial charge in [0, 0.05) is 5.56 Å².